The summed E-state index contributed by atoms with van der Waals surface area (Å²) in [6, 6.07) is 20.2. The fraction of sp³-hybridized carbons (Fsp3) is 0.476. The molecule has 0 aliphatic heterocycles. The van der Waals surface area contributed by atoms with Crippen LogP contribution in [0.4, 0.5) is 16.2 Å². The number of aliphatic carboxylic acids is 1. The fourth-order valence-corrected chi connectivity index (χ4v) is 10.2. The number of aromatic hydroxyl groups is 2. The minimum Gasteiger partial charge on any atom is -0.504 e. The van der Waals surface area contributed by atoms with Crippen molar-refractivity contribution in [3.05, 3.63) is 95.1 Å². The lowest BCUT2D eigenvalue weighted by atomic mass is 9.34. The summed E-state index contributed by atoms with van der Waals surface area (Å²) in [5.74, 6) is -0.282. The summed E-state index contributed by atoms with van der Waals surface area (Å²) in [6.07, 6.45) is 10.0. The molecule has 3 fully saturated rings. The molecule has 3 aromatic carbocycles. The Morgan fingerprint density at radius 1 is 0.776 bits per heavy atom. The third kappa shape index (κ3) is 5.69. The molecular formula is C42H52N2O5. The fourth-order valence-electron chi connectivity index (χ4n) is 10.2. The van der Waals surface area contributed by atoms with Gasteiger partial charge in [0.1, 0.15) is 0 Å². The standard InChI is InChI=1S/C29H40O4.C13H12N2O/c1-17-18-7-8-21-27(4,19(18)15-20(30)23(17)31)12-14-29(6)22-16-26(3,24(32)33)10-9-25(22,2)11-13-28(21,29)5;16-13(14-11-7-3-1-4-8-11)15-12-9-5-2-6-10-12/h8,15,22,30-31H,7,9-14,16H2,1-6H3,(H,32,33);1-10H,(H2,14,15,16). The lowest BCUT2D eigenvalue weighted by molar-refractivity contribution is -0.177. The molecule has 0 aromatic heterocycles. The first-order valence-corrected chi connectivity index (χ1v) is 17.7. The molecule has 0 spiro atoms. The van der Waals surface area contributed by atoms with Gasteiger partial charge in [0.05, 0.1) is 5.41 Å². The average molecular weight is 665 g/mol. The summed E-state index contributed by atoms with van der Waals surface area (Å²) >= 11 is 0. The molecule has 3 saturated carbocycles. The van der Waals surface area contributed by atoms with Gasteiger partial charge in [0.2, 0.25) is 0 Å². The van der Waals surface area contributed by atoms with Gasteiger partial charge in [-0.1, -0.05) is 75.7 Å². The van der Waals surface area contributed by atoms with Gasteiger partial charge in [-0.3, -0.25) is 4.79 Å². The molecule has 0 saturated heterocycles. The summed E-state index contributed by atoms with van der Waals surface area (Å²) in [5, 5.41) is 36.4. The van der Waals surface area contributed by atoms with Gasteiger partial charge in [0, 0.05) is 16.8 Å². The van der Waals surface area contributed by atoms with Crippen LogP contribution in [-0.4, -0.2) is 27.3 Å². The van der Waals surface area contributed by atoms with Crippen molar-refractivity contribution in [1.82, 2.24) is 0 Å². The molecule has 4 aliphatic carbocycles. The van der Waals surface area contributed by atoms with Crippen molar-refractivity contribution in [2.24, 2.45) is 27.6 Å². The topological polar surface area (TPSA) is 119 Å². The number of nitrogens with one attached hydrogen (secondary N) is 2. The van der Waals surface area contributed by atoms with E-state index in [1.54, 1.807) is 0 Å². The third-order valence-electron chi connectivity index (χ3n) is 13.6. The van der Waals surface area contributed by atoms with Gasteiger partial charge in [0.25, 0.3) is 0 Å². The average Bonchev–Trinajstić information content (AvgIpc) is 3.07. The Kier molecular flexibility index (Phi) is 8.65. The number of carbonyl (C=O) groups excluding carboxylic acids is 1. The Morgan fingerprint density at radius 2 is 1.35 bits per heavy atom. The summed E-state index contributed by atoms with van der Waals surface area (Å²) in [4.78, 5) is 23.8. The van der Waals surface area contributed by atoms with E-state index in [4.69, 9.17) is 0 Å². The maximum atomic E-state index is 12.3. The third-order valence-corrected chi connectivity index (χ3v) is 13.6. The van der Waals surface area contributed by atoms with Gasteiger partial charge in [-0.15, -0.1) is 0 Å². The summed E-state index contributed by atoms with van der Waals surface area (Å²) < 4.78 is 0. The molecule has 6 unspecified atom stereocenters. The smallest absolute Gasteiger partial charge is 0.323 e. The van der Waals surface area contributed by atoms with Crippen LogP contribution in [0.5, 0.6) is 11.5 Å². The second-order valence-corrected chi connectivity index (χ2v) is 16.4. The zero-order valence-corrected chi connectivity index (χ0v) is 29.8. The molecule has 5 N–H and O–H groups in total. The van der Waals surface area contributed by atoms with Crippen LogP contribution in [0.2, 0.25) is 0 Å². The van der Waals surface area contributed by atoms with Crippen molar-refractivity contribution in [3.63, 3.8) is 0 Å². The van der Waals surface area contributed by atoms with Crippen LogP contribution in [0, 0.1) is 34.5 Å². The quantitative estimate of drug-likeness (QED) is 0.141. The number of allylic oxidation sites excluding steroid dienone is 2. The van der Waals surface area contributed by atoms with E-state index in [1.165, 1.54) is 11.1 Å². The molecule has 7 heteroatoms. The van der Waals surface area contributed by atoms with Crippen LogP contribution >= 0.6 is 0 Å². The molecule has 260 valence electrons. The molecule has 6 atom stereocenters. The number of phenolic OH excluding ortho intramolecular Hbond substituents is 2. The molecular weight excluding hydrogens is 612 g/mol. The molecule has 0 heterocycles. The Labute approximate surface area is 290 Å². The Hall–Kier alpha value is -4.26. The van der Waals surface area contributed by atoms with Crippen LogP contribution in [0.3, 0.4) is 0 Å². The van der Waals surface area contributed by atoms with Gasteiger partial charge < -0.3 is 26.0 Å². The van der Waals surface area contributed by atoms with E-state index in [9.17, 15) is 24.9 Å². The van der Waals surface area contributed by atoms with Crippen LogP contribution in [0.1, 0.15) is 96.3 Å². The van der Waals surface area contributed by atoms with E-state index >= 15 is 0 Å². The first-order valence-electron chi connectivity index (χ1n) is 17.7. The lowest BCUT2D eigenvalue weighted by Crippen LogP contribution is -2.62. The minimum absolute atomic E-state index is 0.00431. The number of amides is 2. The maximum absolute atomic E-state index is 12.3. The number of phenols is 2. The van der Waals surface area contributed by atoms with Crippen molar-refractivity contribution in [3.8, 4) is 11.5 Å². The summed E-state index contributed by atoms with van der Waals surface area (Å²) in [5.41, 5.74) is 5.55. The molecule has 7 rings (SSSR count). The van der Waals surface area contributed by atoms with E-state index in [1.807, 2.05) is 80.6 Å². The van der Waals surface area contributed by atoms with Crippen LogP contribution in [0.25, 0.3) is 0 Å². The highest BCUT2D eigenvalue weighted by atomic mass is 16.4. The number of fused-ring (bicyclic) bond motifs is 7. The number of benzene rings is 3. The number of anilines is 2. The van der Waals surface area contributed by atoms with Gasteiger partial charge in [-0.05, 0) is 134 Å². The van der Waals surface area contributed by atoms with E-state index in [2.05, 4.69) is 44.4 Å². The first kappa shape index (κ1) is 34.6. The highest BCUT2D eigenvalue weighted by molar-refractivity contribution is 5.99. The van der Waals surface area contributed by atoms with Gasteiger partial charge in [-0.2, -0.15) is 0 Å². The zero-order valence-electron chi connectivity index (χ0n) is 29.8. The normalized spacial score (nSPS) is 32.8. The van der Waals surface area contributed by atoms with Gasteiger partial charge >= 0.3 is 12.0 Å². The second kappa shape index (κ2) is 12.3. The molecule has 2 amide bonds. The number of urea groups is 1. The largest absolute Gasteiger partial charge is 0.504 e. The number of carboxylic acid groups (broad SMARTS) is 1. The van der Waals surface area contributed by atoms with Crippen molar-refractivity contribution < 1.29 is 24.9 Å². The van der Waals surface area contributed by atoms with E-state index in [-0.39, 0.29) is 39.2 Å². The zero-order chi connectivity index (χ0) is 35.4. The molecule has 49 heavy (non-hydrogen) atoms. The van der Waals surface area contributed by atoms with Crippen molar-refractivity contribution in [2.75, 3.05) is 10.6 Å². The van der Waals surface area contributed by atoms with Crippen LogP contribution < -0.4 is 10.6 Å². The van der Waals surface area contributed by atoms with E-state index in [0.717, 1.165) is 73.9 Å². The van der Waals surface area contributed by atoms with Gasteiger partial charge in [0.15, 0.2) is 11.5 Å². The highest BCUT2D eigenvalue weighted by Crippen LogP contribution is 2.74. The van der Waals surface area contributed by atoms with E-state index < -0.39 is 11.4 Å². The lowest BCUT2D eigenvalue weighted by Gasteiger charge is -2.69. The Morgan fingerprint density at radius 3 is 1.92 bits per heavy atom. The van der Waals surface area contributed by atoms with E-state index in [0.29, 0.717) is 5.92 Å². The Balaban J connectivity index is 0.000000218. The monoisotopic (exact) mass is 664 g/mol. The number of hydrogen-bond donors (Lipinski definition) is 5. The first-order chi connectivity index (χ1) is 23.1. The molecule has 3 aromatic rings. The molecule has 4 aliphatic rings. The number of carbonyl (C=O) groups is 2. The number of para-hydroxylation sites is 2. The second-order valence-electron chi connectivity index (χ2n) is 16.4. The van der Waals surface area contributed by atoms with Crippen molar-refractivity contribution in [2.45, 2.75) is 98.3 Å². The molecule has 0 radical (unpaired) electrons. The highest BCUT2D eigenvalue weighted by Gasteiger charge is 2.67. The number of carboxylic acids is 1. The Bertz CT molecular complexity index is 1750. The minimum atomic E-state index is -0.641. The van der Waals surface area contributed by atoms with Crippen LogP contribution in [-0.2, 0) is 16.6 Å². The predicted molar refractivity (Wildman–Crippen MR) is 195 cm³/mol. The number of hydrogen-bond acceptors (Lipinski definition) is 4. The number of rotatable bonds is 3. The van der Waals surface area contributed by atoms with Crippen molar-refractivity contribution >= 4 is 23.4 Å². The summed E-state index contributed by atoms with van der Waals surface area (Å²) in [7, 11) is 0. The molecule has 7 nitrogen and oxygen atoms in total. The van der Waals surface area contributed by atoms with Crippen LogP contribution in [0.15, 0.2) is 78.4 Å². The maximum Gasteiger partial charge on any atom is 0.323 e. The van der Waals surface area contributed by atoms with Gasteiger partial charge in [-0.25, -0.2) is 4.79 Å². The predicted octanol–water partition coefficient (Wildman–Crippen LogP) is 9.97. The SMILES string of the molecule is Cc1c(O)c(O)cc2c1CC=C1C2(C)CCC2(C)C3CC(C)(C(=O)O)CCC3(C)CCC12C.O=C(Nc1ccccc1)Nc1ccccc1. The van der Waals surface area contributed by atoms with Crippen molar-refractivity contribution in [1.29, 1.82) is 0 Å². The summed E-state index contributed by atoms with van der Waals surface area (Å²) in [6.45, 7) is 13.5. The molecule has 0 bridgehead atoms.